The van der Waals surface area contributed by atoms with Crippen LogP contribution in [0.2, 0.25) is 0 Å². The summed E-state index contributed by atoms with van der Waals surface area (Å²) in [6.07, 6.45) is 4.06. The number of imidazole rings is 1. The molecule has 3 aromatic heterocycles. The van der Waals surface area contributed by atoms with Gasteiger partial charge in [0.15, 0.2) is 5.16 Å². The number of thioether (sulfide) groups is 1. The van der Waals surface area contributed by atoms with Crippen LogP contribution in [0, 0.1) is 6.92 Å². The molecule has 0 radical (unpaired) electrons. The van der Waals surface area contributed by atoms with Crippen LogP contribution in [-0.4, -0.2) is 24.1 Å². The number of hydrogen-bond donors (Lipinski definition) is 1. The Hall–Kier alpha value is -2.02. The van der Waals surface area contributed by atoms with E-state index in [9.17, 15) is 0 Å². The summed E-state index contributed by atoms with van der Waals surface area (Å²) < 4.78 is 3.98. The fourth-order valence-corrected chi connectivity index (χ4v) is 3.24. The fourth-order valence-electron chi connectivity index (χ4n) is 2.28. The van der Waals surface area contributed by atoms with E-state index in [1.807, 2.05) is 21.2 Å². The van der Waals surface area contributed by atoms with Crippen molar-refractivity contribution >= 4 is 23.4 Å². The molecule has 0 aliphatic heterocycles. The van der Waals surface area contributed by atoms with Crippen molar-refractivity contribution in [3.05, 3.63) is 35.8 Å². The second kappa shape index (κ2) is 5.40. The third-order valence-electron chi connectivity index (χ3n) is 3.28. The molecule has 0 saturated carbocycles. The summed E-state index contributed by atoms with van der Waals surface area (Å²) >= 11 is 1.60. The normalized spacial score (nSPS) is 11.6. The molecule has 0 amide bonds. The van der Waals surface area contributed by atoms with Gasteiger partial charge in [0.25, 0.3) is 0 Å². The molecule has 6 nitrogen and oxygen atoms in total. The van der Waals surface area contributed by atoms with Crippen molar-refractivity contribution in [3.8, 4) is 0 Å². The Morgan fingerprint density at radius 2 is 2.14 bits per heavy atom. The zero-order valence-corrected chi connectivity index (χ0v) is 13.1. The lowest BCUT2D eigenvalue weighted by Gasteiger charge is -2.10. The molecule has 7 heteroatoms. The number of rotatable bonds is 4. The second-order valence-electron chi connectivity index (χ2n) is 5.25. The third kappa shape index (κ3) is 2.61. The molecule has 2 N–H and O–H groups in total. The Kier molecular flexibility index (Phi) is 3.59. The minimum Gasteiger partial charge on any atom is -0.368 e. The first kappa shape index (κ1) is 13.9. The van der Waals surface area contributed by atoms with Gasteiger partial charge < -0.3 is 10.1 Å². The lowest BCUT2D eigenvalue weighted by molar-refractivity contribution is 0.557. The average molecular weight is 302 g/mol. The van der Waals surface area contributed by atoms with E-state index in [0.717, 1.165) is 22.3 Å². The summed E-state index contributed by atoms with van der Waals surface area (Å²) in [5.41, 5.74) is 9.04. The average Bonchev–Trinajstić information content (AvgIpc) is 3.00. The van der Waals surface area contributed by atoms with Crippen molar-refractivity contribution in [2.24, 2.45) is 0 Å². The Bertz CT molecular complexity index is 773. The highest BCUT2D eigenvalue weighted by molar-refractivity contribution is 7.98. The number of hydrogen-bond acceptors (Lipinski definition) is 5. The van der Waals surface area contributed by atoms with Gasteiger partial charge >= 0.3 is 0 Å². The summed E-state index contributed by atoms with van der Waals surface area (Å²) in [5.74, 6) is 1.20. The summed E-state index contributed by atoms with van der Waals surface area (Å²) in [5, 5.41) is 8.92. The quantitative estimate of drug-likeness (QED) is 0.750. The predicted octanol–water partition coefficient (Wildman–Crippen LogP) is 2.69. The molecule has 0 aromatic carbocycles. The molecule has 0 spiro atoms. The maximum atomic E-state index is 5.85. The van der Waals surface area contributed by atoms with Crippen LogP contribution in [0.1, 0.15) is 31.1 Å². The summed E-state index contributed by atoms with van der Waals surface area (Å²) in [7, 11) is 0. The molecule has 21 heavy (non-hydrogen) atoms. The number of pyridine rings is 1. The molecular formula is C14H18N6S. The van der Waals surface area contributed by atoms with Gasteiger partial charge in [-0.25, -0.2) is 4.98 Å². The molecule has 3 heterocycles. The molecule has 3 aromatic rings. The smallest absolute Gasteiger partial charge is 0.222 e. The summed E-state index contributed by atoms with van der Waals surface area (Å²) in [6.45, 7) is 6.20. The van der Waals surface area contributed by atoms with Gasteiger partial charge in [-0.05, 0) is 32.4 Å². The highest BCUT2D eigenvalue weighted by Crippen LogP contribution is 2.25. The SMILES string of the molecule is Cc1cccn2cc(CSc3nnc(N)n3C(C)C)nc12. The number of anilines is 1. The van der Waals surface area contributed by atoms with Crippen LogP contribution in [0.25, 0.3) is 5.65 Å². The molecule has 0 atom stereocenters. The molecule has 0 saturated heterocycles. The maximum absolute atomic E-state index is 5.85. The van der Waals surface area contributed by atoms with Crippen molar-refractivity contribution in [2.45, 2.75) is 37.7 Å². The number of aryl methyl sites for hydroxylation is 1. The van der Waals surface area contributed by atoms with Gasteiger partial charge in [0, 0.05) is 24.2 Å². The Morgan fingerprint density at radius 1 is 1.33 bits per heavy atom. The van der Waals surface area contributed by atoms with Gasteiger partial charge in [0.2, 0.25) is 5.95 Å². The first-order valence-electron chi connectivity index (χ1n) is 6.82. The predicted molar refractivity (Wildman–Crippen MR) is 84.3 cm³/mol. The first-order chi connectivity index (χ1) is 10.1. The van der Waals surface area contributed by atoms with Crippen LogP contribution >= 0.6 is 11.8 Å². The van der Waals surface area contributed by atoms with Gasteiger partial charge in [-0.1, -0.05) is 17.8 Å². The third-order valence-corrected chi connectivity index (χ3v) is 4.26. The molecule has 0 fully saturated rings. The Labute approximate surface area is 127 Å². The Balaban J connectivity index is 1.82. The van der Waals surface area contributed by atoms with E-state index in [-0.39, 0.29) is 6.04 Å². The fraction of sp³-hybridized carbons (Fsp3) is 0.357. The van der Waals surface area contributed by atoms with Crippen LogP contribution in [0.15, 0.2) is 29.7 Å². The van der Waals surface area contributed by atoms with Crippen LogP contribution in [-0.2, 0) is 5.75 Å². The monoisotopic (exact) mass is 302 g/mol. The summed E-state index contributed by atoms with van der Waals surface area (Å²) in [4.78, 5) is 4.66. The van der Waals surface area contributed by atoms with Gasteiger partial charge in [-0.2, -0.15) is 0 Å². The molecule has 0 bridgehead atoms. The molecule has 110 valence electrons. The van der Waals surface area contributed by atoms with Crippen molar-refractivity contribution < 1.29 is 0 Å². The van der Waals surface area contributed by atoms with Crippen LogP contribution < -0.4 is 5.73 Å². The first-order valence-corrected chi connectivity index (χ1v) is 7.81. The largest absolute Gasteiger partial charge is 0.368 e. The molecule has 3 rings (SSSR count). The van der Waals surface area contributed by atoms with E-state index in [2.05, 4.69) is 48.2 Å². The van der Waals surface area contributed by atoms with E-state index in [1.165, 1.54) is 5.56 Å². The van der Waals surface area contributed by atoms with Gasteiger partial charge in [0.1, 0.15) is 5.65 Å². The van der Waals surface area contributed by atoms with Gasteiger partial charge in [-0.15, -0.1) is 10.2 Å². The van der Waals surface area contributed by atoms with E-state index >= 15 is 0 Å². The number of fused-ring (bicyclic) bond motifs is 1. The Morgan fingerprint density at radius 3 is 2.86 bits per heavy atom. The van der Waals surface area contributed by atoms with Crippen molar-refractivity contribution in [1.29, 1.82) is 0 Å². The number of nitrogens with zero attached hydrogens (tertiary/aromatic N) is 5. The van der Waals surface area contributed by atoms with Crippen LogP contribution in [0.5, 0.6) is 0 Å². The van der Waals surface area contributed by atoms with Crippen LogP contribution in [0.3, 0.4) is 0 Å². The van der Waals surface area contributed by atoms with Crippen molar-refractivity contribution in [2.75, 3.05) is 5.73 Å². The minimum atomic E-state index is 0.241. The maximum Gasteiger partial charge on any atom is 0.222 e. The number of nitrogens with two attached hydrogens (primary N) is 1. The molecule has 0 unspecified atom stereocenters. The lowest BCUT2D eigenvalue weighted by atomic mass is 10.3. The zero-order valence-electron chi connectivity index (χ0n) is 12.3. The summed E-state index contributed by atoms with van der Waals surface area (Å²) in [6, 6.07) is 4.33. The number of nitrogen functional groups attached to an aromatic ring is 1. The number of aromatic nitrogens is 5. The van der Waals surface area contributed by atoms with Crippen LogP contribution in [0.4, 0.5) is 5.95 Å². The topological polar surface area (TPSA) is 74.0 Å². The van der Waals surface area contributed by atoms with E-state index < -0.39 is 0 Å². The van der Waals surface area contributed by atoms with E-state index in [1.54, 1.807) is 11.8 Å². The molecular weight excluding hydrogens is 284 g/mol. The molecule has 0 aliphatic carbocycles. The van der Waals surface area contributed by atoms with Crippen molar-refractivity contribution in [1.82, 2.24) is 24.1 Å². The highest BCUT2D eigenvalue weighted by Gasteiger charge is 2.13. The van der Waals surface area contributed by atoms with Gasteiger partial charge in [-0.3, -0.25) is 4.57 Å². The molecule has 0 aliphatic rings. The van der Waals surface area contributed by atoms with E-state index in [4.69, 9.17) is 5.73 Å². The zero-order chi connectivity index (χ0) is 15.0. The minimum absolute atomic E-state index is 0.241. The highest BCUT2D eigenvalue weighted by atomic mass is 32.2. The van der Waals surface area contributed by atoms with Gasteiger partial charge in [0.05, 0.1) is 5.69 Å². The van der Waals surface area contributed by atoms with E-state index in [0.29, 0.717) is 5.95 Å². The standard InChI is InChI=1S/C14H18N6S/c1-9(2)20-13(15)17-18-14(20)21-8-11-7-19-6-4-5-10(3)12(19)16-11/h4-7,9H,8H2,1-3H3,(H2,15,17). The second-order valence-corrected chi connectivity index (χ2v) is 6.19. The van der Waals surface area contributed by atoms with Crippen molar-refractivity contribution in [3.63, 3.8) is 0 Å². The lowest BCUT2D eigenvalue weighted by Crippen LogP contribution is -2.07.